The second kappa shape index (κ2) is 10.5. The van der Waals surface area contributed by atoms with Crippen LogP contribution in [0, 0.1) is 0 Å². The van der Waals surface area contributed by atoms with Crippen molar-refractivity contribution in [1.29, 1.82) is 0 Å². The molecule has 2 N–H and O–H groups in total. The number of aryl methyl sites for hydroxylation is 1. The first-order chi connectivity index (χ1) is 17.6. The number of unbranched alkanes of at least 4 members (excludes halogenated alkanes) is 1. The molecule has 2 aromatic heterocycles. The summed E-state index contributed by atoms with van der Waals surface area (Å²) in [6, 6.07) is 10.9. The predicted octanol–water partition coefficient (Wildman–Crippen LogP) is 4.12. The summed E-state index contributed by atoms with van der Waals surface area (Å²) in [5.41, 5.74) is 2.24. The number of carbonyl (C=O) groups excluding carboxylic acids is 1. The van der Waals surface area contributed by atoms with Gasteiger partial charge in [0.15, 0.2) is 17.0 Å². The van der Waals surface area contributed by atoms with Crippen molar-refractivity contribution in [1.82, 2.24) is 19.5 Å². The van der Waals surface area contributed by atoms with Gasteiger partial charge in [-0.3, -0.25) is 4.79 Å². The highest BCUT2D eigenvalue weighted by Gasteiger charge is 2.34. The monoisotopic (exact) mass is 489 g/mol. The van der Waals surface area contributed by atoms with Crippen LogP contribution in [0.4, 0.5) is 5.82 Å². The van der Waals surface area contributed by atoms with Gasteiger partial charge in [-0.1, -0.05) is 24.3 Å². The number of aromatic nitrogens is 4. The minimum atomic E-state index is -0.757. The number of carbonyl (C=O) groups is 1. The molecule has 2 atom stereocenters. The molecule has 1 fully saturated rings. The number of aromatic hydroxyl groups is 1. The van der Waals surface area contributed by atoms with Gasteiger partial charge in [0.1, 0.15) is 12.1 Å². The van der Waals surface area contributed by atoms with Crippen molar-refractivity contribution >= 4 is 33.7 Å². The van der Waals surface area contributed by atoms with E-state index in [0.29, 0.717) is 25.1 Å². The molecule has 1 unspecified atom stereocenters. The van der Waals surface area contributed by atoms with Crippen LogP contribution in [0.25, 0.3) is 21.9 Å². The van der Waals surface area contributed by atoms with E-state index in [1.807, 2.05) is 35.8 Å². The summed E-state index contributed by atoms with van der Waals surface area (Å²) < 4.78 is 6.98. The Labute approximate surface area is 209 Å². The number of fused-ring (bicyclic) bond motifs is 2. The van der Waals surface area contributed by atoms with E-state index in [4.69, 9.17) is 4.74 Å². The maximum Gasteiger partial charge on any atom is 0.305 e. The van der Waals surface area contributed by atoms with Gasteiger partial charge in [-0.15, -0.1) is 0 Å². The molecule has 3 heterocycles. The van der Waals surface area contributed by atoms with Gasteiger partial charge in [-0.05, 0) is 61.1 Å². The number of esters is 1. The van der Waals surface area contributed by atoms with Crippen LogP contribution in [-0.2, 0) is 16.1 Å². The first kappa shape index (κ1) is 24.0. The van der Waals surface area contributed by atoms with E-state index in [2.05, 4.69) is 19.9 Å². The minimum Gasteiger partial charge on any atom is -0.508 e. The fourth-order valence-corrected chi connectivity index (χ4v) is 5.16. The van der Waals surface area contributed by atoms with Gasteiger partial charge in [0.05, 0.1) is 25.1 Å². The average molecular weight is 490 g/mol. The van der Waals surface area contributed by atoms with Gasteiger partial charge >= 0.3 is 5.97 Å². The molecule has 0 bridgehead atoms. The van der Waals surface area contributed by atoms with Crippen molar-refractivity contribution in [2.75, 3.05) is 18.1 Å². The van der Waals surface area contributed by atoms with Gasteiger partial charge in [0, 0.05) is 19.5 Å². The van der Waals surface area contributed by atoms with Crippen molar-refractivity contribution in [2.24, 2.45) is 0 Å². The first-order valence-electron chi connectivity index (χ1n) is 12.5. The van der Waals surface area contributed by atoms with Gasteiger partial charge < -0.3 is 24.4 Å². The Bertz CT molecular complexity index is 1370. The zero-order valence-electron chi connectivity index (χ0n) is 20.4. The summed E-state index contributed by atoms with van der Waals surface area (Å²) in [4.78, 5) is 27.4. The van der Waals surface area contributed by atoms with E-state index in [1.54, 1.807) is 24.8 Å². The molecule has 9 nitrogen and oxygen atoms in total. The van der Waals surface area contributed by atoms with Crippen LogP contribution in [0.15, 0.2) is 49.1 Å². The summed E-state index contributed by atoms with van der Waals surface area (Å²) in [6.07, 6.45) is 6.25. The third-order valence-corrected chi connectivity index (χ3v) is 6.87. The second-order valence-corrected chi connectivity index (χ2v) is 9.17. The van der Waals surface area contributed by atoms with Crippen LogP contribution >= 0.6 is 0 Å². The standard InChI is InChI=1S/C27H31N5O4/c1-2-36-23(34)10-3-4-13-31-17-30-24-26(31)28-16-29-27(24)32-14-6-9-22(32)25(35)20-8-5-7-18-11-12-19(33)15-21(18)20/h5,7-8,11-12,15-17,22,25,33,35H,2-4,6,9-10,13-14H2,1H3/t22-,25?/m1/s1. The lowest BCUT2D eigenvalue weighted by atomic mass is 9.94. The van der Waals surface area contributed by atoms with Crippen LogP contribution in [0.5, 0.6) is 5.75 Å². The molecule has 2 aromatic carbocycles. The number of ether oxygens (including phenoxy) is 1. The Morgan fingerprint density at radius 1 is 1.19 bits per heavy atom. The zero-order chi connectivity index (χ0) is 25.1. The molecule has 5 rings (SSSR count). The lowest BCUT2D eigenvalue weighted by Gasteiger charge is -2.30. The number of aliphatic hydroxyl groups excluding tert-OH is 1. The second-order valence-electron chi connectivity index (χ2n) is 9.17. The summed E-state index contributed by atoms with van der Waals surface area (Å²) in [6.45, 7) is 3.66. The third-order valence-electron chi connectivity index (χ3n) is 6.87. The SMILES string of the molecule is CCOC(=O)CCCCn1cnc2c(N3CCC[C@@H]3C(O)c3cccc4ccc(O)cc34)ncnc21. The van der Waals surface area contributed by atoms with E-state index >= 15 is 0 Å². The van der Waals surface area contributed by atoms with E-state index in [0.717, 1.165) is 60.0 Å². The molecule has 188 valence electrons. The normalized spacial score (nSPS) is 16.6. The van der Waals surface area contributed by atoms with E-state index in [9.17, 15) is 15.0 Å². The van der Waals surface area contributed by atoms with Crippen molar-refractivity contribution < 1.29 is 19.7 Å². The summed E-state index contributed by atoms with van der Waals surface area (Å²) in [7, 11) is 0. The van der Waals surface area contributed by atoms with Gasteiger partial charge in [0.2, 0.25) is 0 Å². The molecule has 0 radical (unpaired) electrons. The van der Waals surface area contributed by atoms with Crippen LogP contribution in [-0.4, -0.2) is 54.9 Å². The van der Waals surface area contributed by atoms with Gasteiger partial charge in [-0.2, -0.15) is 0 Å². The predicted molar refractivity (Wildman–Crippen MR) is 137 cm³/mol. The summed E-state index contributed by atoms with van der Waals surface area (Å²) in [5.74, 6) is 0.725. The number of phenols is 1. The smallest absolute Gasteiger partial charge is 0.305 e. The van der Waals surface area contributed by atoms with Crippen molar-refractivity contribution in [3.8, 4) is 5.75 Å². The molecule has 0 saturated carbocycles. The van der Waals surface area contributed by atoms with Gasteiger partial charge in [-0.25, -0.2) is 15.0 Å². The Morgan fingerprint density at radius 3 is 2.94 bits per heavy atom. The zero-order valence-corrected chi connectivity index (χ0v) is 20.4. The Morgan fingerprint density at radius 2 is 2.08 bits per heavy atom. The number of anilines is 1. The summed E-state index contributed by atoms with van der Waals surface area (Å²) in [5, 5.41) is 23.4. The van der Waals surface area contributed by atoms with Crippen molar-refractivity contribution in [3.63, 3.8) is 0 Å². The number of nitrogens with zero attached hydrogens (tertiary/aromatic N) is 5. The molecule has 1 aliphatic heterocycles. The minimum absolute atomic E-state index is 0.169. The number of phenolic OH excluding ortho intramolecular Hbond substituents is 1. The number of imidazole rings is 1. The van der Waals surface area contributed by atoms with Crippen LogP contribution in [0.1, 0.15) is 50.7 Å². The quantitative estimate of drug-likeness (QED) is 0.267. The lowest BCUT2D eigenvalue weighted by Crippen LogP contribution is -2.35. The fourth-order valence-electron chi connectivity index (χ4n) is 5.16. The highest BCUT2D eigenvalue weighted by atomic mass is 16.5. The molecule has 0 aliphatic carbocycles. The number of aliphatic hydroxyl groups is 1. The number of hydrogen-bond donors (Lipinski definition) is 2. The van der Waals surface area contributed by atoms with E-state index in [1.165, 1.54) is 0 Å². The molecule has 0 amide bonds. The Kier molecular flexibility index (Phi) is 6.99. The van der Waals surface area contributed by atoms with E-state index in [-0.39, 0.29) is 17.8 Å². The van der Waals surface area contributed by atoms with Crippen LogP contribution in [0.2, 0.25) is 0 Å². The Hall–Kier alpha value is -3.72. The fraction of sp³-hybridized carbons (Fsp3) is 0.407. The molecular formula is C27H31N5O4. The van der Waals surface area contributed by atoms with E-state index < -0.39 is 6.10 Å². The van der Waals surface area contributed by atoms with Crippen molar-refractivity contribution in [3.05, 3.63) is 54.6 Å². The molecular weight excluding hydrogens is 458 g/mol. The highest BCUT2D eigenvalue weighted by molar-refractivity contribution is 5.88. The molecule has 1 saturated heterocycles. The maximum absolute atomic E-state index is 11.6. The number of hydrogen-bond acceptors (Lipinski definition) is 8. The summed E-state index contributed by atoms with van der Waals surface area (Å²) >= 11 is 0. The average Bonchev–Trinajstić information content (AvgIpc) is 3.53. The van der Waals surface area contributed by atoms with Gasteiger partial charge in [0.25, 0.3) is 0 Å². The highest BCUT2D eigenvalue weighted by Crippen LogP contribution is 2.37. The maximum atomic E-state index is 11.6. The lowest BCUT2D eigenvalue weighted by molar-refractivity contribution is -0.143. The molecule has 0 spiro atoms. The van der Waals surface area contributed by atoms with Crippen LogP contribution in [0.3, 0.4) is 0 Å². The number of benzene rings is 2. The molecule has 1 aliphatic rings. The van der Waals surface area contributed by atoms with Crippen molar-refractivity contribution in [2.45, 2.75) is 57.7 Å². The molecule has 36 heavy (non-hydrogen) atoms. The largest absolute Gasteiger partial charge is 0.508 e. The number of rotatable bonds is 9. The molecule has 9 heteroatoms. The molecule has 4 aromatic rings. The third kappa shape index (κ3) is 4.70. The topological polar surface area (TPSA) is 114 Å². The Balaban J connectivity index is 1.37. The first-order valence-corrected chi connectivity index (χ1v) is 12.5. The van der Waals surface area contributed by atoms with Crippen LogP contribution < -0.4 is 4.90 Å².